The fourth-order valence-corrected chi connectivity index (χ4v) is 2.06. The van der Waals surface area contributed by atoms with Crippen molar-refractivity contribution in [2.75, 3.05) is 6.61 Å². The van der Waals surface area contributed by atoms with Gasteiger partial charge in [-0.2, -0.15) is 4.37 Å². The van der Waals surface area contributed by atoms with Crippen LogP contribution in [0.4, 0.5) is 0 Å². The molecule has 2 aromatic rings. The van der Waals surface area contributed by atoms with Crippen molar-refractivity contribution >= 4 is 21.6 Å². The highest BCUT2D eigenvalue weighted by Crippen LogP contribution is 2.22. The zero-order chi connectivity index (χ0) is 8.39. The van der Waals surface area contributed by atoms with Crippen LogP contribution < -0.4 is 0 Å². The lowest BCUT2D eigenvalue weighted by Gasteiger charge is -1.97. The maximum atomic E-state index is 8.80. The van der Waals surface area contributed by atoms with Gasteiger partial charge in [0.25, 0.3) is 0 Å². The van der Waals surface area contributed by atoms with Gasteiger partial charge in [0, 0.05) is 18.2 Å². The van der Waals surface area contributed by atoms with E-state index in [0.29, 0.717) is 0 Å². The third kappa shape index (κ3) is 1.21. The van der Waals surface area contributed by atoms with Crippen LogP contribution in [0.15, 0.2) is 24.4 Å². The average molecular weight is 179 g/mol. The van der Waals surface area contributed by atoms with E-state index in [0.717, 1.165) is 6.42 Å². The van der Waals surface area contributed by atoms with E-state index in [4.69, 9.17) is 5.11 Å². The maximum absolute atomic E-state index is 8.80. The van der Waals surface area contributed by atoms with Crippen molar-refractivity contribution in [1.82, 2.24) is 4.37 Å². The van der Waals surface area contributed by atoms with Gasteiger partial charge in [0.05, 0.1) is 4.70 Å². The number of benzene rings is 1. The molecule has 1 heterocycles. The molecule has 0 saturated heterocycles. The Morgan fingerprint density at radius 1 is 1.42 bits per heavy atom. The summed E-state index contributed by atoms with van der Waals surface area (Å²) < 4.78 is 5.30. The molecule has 12 heavy (non-hydrogen) atoms. The Kier molecular flexibility index (Phi) is 2.06. The van der Waals surface area contributed by atoms with Crippen molar-refractivity contribution in [2.24, 2.45) is 0 Å². The molecule has 1 aromatic carbocycles. The maximum Gasteiger partial charge on any atom is 0.0582 e. The highest BCUT2D eigenvalue weighted by atomic mass is 32.1. The van der Waals surface area contributed by atoms with Gasteiger partial charge in [0.15, 0.2) is 0 Å². The van der Waals surface area contributed by atoms with Gasteiger partial charge in [-0.3, -0.25) is 0 Å². The molecule has 0 aliphatic carbocycles. The lowest BCUT2D eigenvalue weighted by atomic mass is 10.1. The number of aliphatic hydroxyl groups excluding tert-OH is 1. The van der Waals surface area contributed by atoms with Crippen molar-refractivity contribution < 1.29 is 5.11 Å². The third-order valence-corrected chi connectivity index (χ3v) is 2.74. The highest BCUT2D eigenvalue weighted by Gasteiger charge is 2.01. The Hall–Kier alpha value is -0.930. The standard InChI is InChI=1S/C9H9NOS/c11-5-4-7-2-1-3-8-6-10-12-9(7)8/h1-3,6,11H,4-5H2. The number of hydrogen-bond acceptors (Lipinski definition) is 3. The van der Waals surface area contributed by atoms with Gasteiger partial charge >= 0.3 is 0 Å². The van der Waals surface area contributed by atoms with Crippen LogP contribution in [-0.2, 0) is 6.42 Å². The number of hydrogen-bond donors (Lipinski definition) is 1. The Morgan fingerprint density at radius 3 is 3.17 bits per heavy atom. The fourth-order valence-electron chi connectivity index (χ4n) is 1.27. The lowest BCUT2D eigenvalue weighted by molar-refractivity contribution is 0.300. The van der Waals surface area contributed by atoms with Gasteiger partial charge < -0.3 is 5.11 Å². The number of aliphatic hydroxyl groups is 1. The minimum absolute atomic E-state index is 0.205. The van der Waals surface area contributed by atoms with Crippen LogP contribution in [-0.4, -0.2) is 16.1 Å². The lowest BCUT2D eigenvalue weighted by Crippen LogP contribution is -1.89. The van der Waals surface area contributed by atoms with E-state index in [9.17, 15) is 0 Å². The minimum Gasteiger partial charge on any atom is -0.396 e. The summed E-state index contributed by atoms with van der Waals surface area (Å²) in [7, 11) is 0. The summed E-state index contributed by atoms with van der Waals surface area (Å²) in [6.07, 6.45) is 2.58. The summed E-state index contributed by atoms with van der Waals surface area (Å²) in [5.41, 5.74) is 1.19. The van der Waals surface area contributed by atoms with E-state index >= 15 is 0 Å². The van der Waals surface area contributed by atoms with Gasteiger partial charge in [-0.1, -0.05) is 18.2 Å². The molecular formula is C9H9NOS. The summed E-state index contributed by atoms with van der Waals surface area (Å²) in [6, 6.07) is 6.08. The van der Waals surface area contributed by atoms with E-state index in [1.165, 1.54) is 27.2 Å². The van der Waals surface area contributed by atoms with Gasteiger partial charge in [-0.25, -0.2) is 0 Å². The van der Waals surface area contributed by atoms with E-state index in [1.54, 1.807) is 0 Å². The molecule has 3 heteroatoms. The molecule has 1 N–H and O–H groups in total. The van der Waals surface area contributed by atoms with Crippen LogP contribution in [0, 0.1) is 0 Å². The Labute approximate surface area is 74.6 Å². The van der Waals surface area contributed by atoms with Gasteiger partial charge in [0.2, 0.25) is 0 Å². The quantitative estimate of drug-likeness (QED) is 0.763. The van der Waals surface area contributed by atoms with E-state index in [1.807, 2.05) is 24.4 Å². The summed E-state index contributed by atoms with van der Waals surface area (Å²) in [6.45, 7) is 0.205. The third-order valence-electron chi connectivity index (χ3n) is 1.84. The SMILES string of the molecule is OCCc1cccc2cnsc12. The zero-order valence-electron chi connectivity index (χ0n) is 6.53. The van der Waals surface area contributed by atoms with Crippen molar-refractivity contribution in [1.29, 1.82) is 0 Å². The normalized spacial score (nSPS) is 10.8. The first-order chi connectivity index (χ1) is 5.92. The monoisotopic (exact) mass is 179 g/mol. The van der Waals surface area contributed by atoms with Gasteiger partial charge in [-0.05, 0) is 23.5 Å². The fraction of sp³-hybridized carbons (Fsp3) is 0.222. The summed E-state index contributed by atoms with van der Waals surface area (Å²) in [5.74, 6) is 0. The van der Waals surface area contributed by atoms with Gasteiger partial charge in [-0.15, -0.1) is 0 Å². The van der Waals surface area contributed by atoms with Crippen LogP contribution in [0.5, 0.6) is 0 Å². The van der Waals surface area contributed by atoms with Crippen LogP contribution in [0.3, 0.4) is 0 Å². The first-order valence-electron chi connectivity index (χ1n) is 3.85. The molecule has 0 bridgehead atoms. The van der Waals surface area contributed by atoms with Crippen molar-refractivity contribution in [3.8, 4) is 0 Å². The molecule has 0 atom stereocenters. The highest BCUT2D eigenvalue weighted by molar-refractivity contribution is 7.13. The predicted molar refractivity (Wildman–Crippen MR) is 50.4 cm³/mol. The second-order valence-electron chi connectivity index (χ2n) is 2.63. The first-order valence-corrected chi connectivity index (χ1v) is 4.62. The molecule has 1 aromatic heterocycles. The molecule has 0 fully saturated rings. The van der Waals surface area contributed by atoms with E-state index in [-0.39, 0.29) is 6.61 Å². The van der Waals surface area contributed by atoms with E-state index < -0.39 is 0 Å². The smallest absolute Gasteiger partial charge is 0.0582 e. The van der Waals surface area contributed by atoms with Crippen molar-refractivity contribution in [2.45, 2.75) is 6.42 Å². The number of fused-ring (bicyclic) bond motifs is 1. The van der Waals surface area contributed by atoms with Gasteiger partial charge in [0.1, 0.15) is 0 Å². The number of aromatic nitrogens is 1. The largest absolute Gasteiger partial charge is 0.396 e. The minimum atomic E-state index is 0.205. The van der Waals surface area contributed by atoms with Crippen molar-refractivity contribution in [3.05, 3.63) is 30.0 Å². The summed E-state index contributed by atoms with van der Waals surface area (Å²) in [4.78, 5) is 0. The Bertz CT molecular complexity index is 383. The van der Waals surface area contributed by atoms with Crippen LogP contribution in [0.25, 0.3) is 10.1 Å². The summed E-state index contributed by atoms with van der Waals surface area (Å²) in [5, 5.41) is 9.97. The molecule has 62 valence electrons. The summed E-state index contributed by atoms with van der Waals surface area (Å²) >= 11 is 1.49. The second-order valence-corrected chi connectivity index (χ2v) is 3.44. The molecule has 0 spiro atoms. The first kappa shape index (κ1) is 7.71. The zero-order valence-corrected chi connectivity index (χ0v) is 7.34. The predicted octanol–water partition coefficient (Wildman–Crippen LogP) is 1.83. The average Bonchev–Trinajstić information content (AvgIpc) is 2.53. The Balaban J connectivity index is 2.57. The molecule has 0 amide bonds. The molecule has 0 aliphatic heterocycles. The molecule has 0 radical (unpaired) electrons. The number of rotatable bonds is 2. The van der Waals surface area contributed by atoms with Crippen molar-refractivity contribution in [3.63, 3.8) is 0 Å². The van der Waals surface area contributed by atoms with E-state index in [2.05, 4.69) is 4.37 Å². The second kappa shape index (κ2) is 3.21. The molecular weight excluding hydrogens is 170 g/mol. The molecule has 0 aliphatic rings. The topological polar surface area (TPSA) is 33.1 Å². The Morgan fingerprint density at radius 2 is 2.33 bits per heavy atom. The number of nitrogens with zero attached hydrogens (tertiary/aromatic N) is 1. The molecule has 2 rings (SSSR count). The van der Waals surface area contributed by atoms with Crippen LogP contribution in [0.1, 0.15) is 5.56 Å². The van der Waals surface area contributed by atoms with Crippen LogP contribution >= 0.6 is 11.5 Å². The molecule has 0 unspecified atom stereocenters. The van der Waals surface area contributed by atoms with Crippen LogP contribution in [0.2, 0.25) is 0 Å². The molecule has 0 saturated carbocycles. The molecule has 2 nitrogen and oxygen atoms in total.